The Morgan fingerprint density at radius 2 is 2.14 bits per heavy atom. The van der Waals surface area contributed by atoms with Crippen LogP contribution in [-0.2, 0) is 12.3 Å². The minimum Gasteiger partial charge on any atom is -0.123 e. The number of fused-ring (bicyclic) bond motifs is 1. The lowest BCUT2D eigenvalue weighted by atomic mass is 10.1. The van der Waals surface area contributed by atoms with Gasteiger partial charge in [-0.25, -0.2) is 0 Å². The Hall–Kier alpha value is -0.240. The summed E-state index contributed by atoms with van der Waals surface area (Å²) in [5, 5.41) is 1.27. The van der Waals surface area contributed by atoms with Gasteiger partial charge in [0.25, 0.3) is 0 Å². The van der Waals surface area contributed by atoms with Gasteiger partial charge in [-0.2, -0.15) is 0 Å². The van der Waals surface area contributed by atoms with Crippen LogP contribution >= 0.6 is 34.5 Å². The molecule has 2 rings (SSSR count). The smallest absolute Gasteiger partial charge is 0.0972 e. The zero-order valence-corrected chi connectivity index (χ0v) is 10.1. The molecule has 1 aromatic carbocycles. The van der Waals surface area contributed by atoms with Crippen molar-refractivity contribution >= 4 is 44.6 Å². The topological polar surface area (TPSA) is 0 Å². The van der Waals surface area contributed by atoms with Gasteiger partial charge in [0.05, 0.1) is 4.34 Å². The fraction of sp³-hybridized carbons (Fsp3) is 0.273. The van der Waals surface area contributed by atoms with E-state index in [-0.39, 0.29) is 0 Å². The highest BCUT2D eigenvalue weighted by Gasteiger charge is 2.08. The summed E-state index contributed by atoms with van der Waals surface area (Å²) >= 11 is 13.6. The molecule has 0 saturated carbocycles. The Kier molecular flexibility index (Phi) is 3.01. The van der Waals surface area contributed by atoms with Crippen LogP contribution in [0.5, 0.6) is 0 Å². The average Bonchev–Trinajstić information content (AvgIpc) is 2.51. The van der Waals surface area contributed by atoms with Gasteiger partial charge in [0.15, 0.2) is 0 Å². The molecule has 0 bridgehead atoms. The van der Waals surface area contributed by atoms with E-state index >= 15 is 0 Å². The minimum absolute atomic E-state index is 0.562. The van der Waals surface area contributed by atoms with Gasteiger partial charge in [0, 0.05) is 10.6 Å². The van der Waals surface area contributed by atoms with Crippen molar-refractivity contribution in [1.29, 1.82) is 0 Å². The monoisotopic (exact) mass is 244 g/mol. The third-order valence-electron chi connectivity index (χ3n) is 2.32. The molecule has 0 unspecified atom stereocenters. The van der Waals surface area contributed by atoms with Gasteiger partial charge in [-0.1, -0.05) is 30.7 Å². The molecule has 0 fully saturated rings. The Labute approximate surface area is 97.5 Å². The molecule has 0 aliphatic heterocycles. The van der Waals surface area contributed by atoms with Crippen molar-refractivity contribution in [3.63, 3.8) is 0 Å². The first-order valence-electron chi connectivity index (χ1n) is 4.52. The molecule has 0 aliphatic rings. The zero-order valence-electron chi connectivity index (χ0n) is 7.81. The van der Waals surface area contributed by atoms with E-state index in [1.54, 1.807) is 11.3 Å². The van der Waals surface area contributed by atoms with Crippen LogP contribution in [0.25, 0.3) is 10.1 Å². The molecule has 0 nitrogen and oxygen atoms in total. The van der Waals surface area contributed by atoms with E-state index < -0.39 is 0 Å². The van der Waals surface area contributed by atoms with Crippen LogP contribution < -0.4 is 0 Å². The molecular formula is C11H10Cl2S. The quantitative estimate of drug-likeness (QED) is 0.663. The van der Waals surface area contributed by atoms with Gasteiger partial charge in [-0.05, 0) is 29.0 Å². The Morgan fingerprint density at radius 1 is 1.36 bits per heavy atom. The number of halogens is 2. The average molecular weight is 245 g/mol. The first kappa shape index (κ1) is 10.3. The molecule has 0 radical (unpaired) electrons. The Morgan fingerprint density at radius 3 is 2.79 bits per heavy atom. The Balaban J connectivity index is 2.68. The van der Waals surface area contributed by atoms with E-state index in [0.29, 0.717) is 5.88 Å². The number of aryl methyl sites for hydroxylation is 1. The molecular weight excluding hydrogens is 235 g/mol. The third kappa shape index (κ3) is 1.65. The predicted octanol–water partition coefficient (Wildman–Crippen LogP) is 4.86. The standard InChI is InChI=1S/C11H10Cl2S/c1-2-8-9-4-3-7(6-12)5-10(9)14-11(8)13/h3-5H,2,6H2,1H3. The maximum atomic E-state index is 6.15. The van der Waals surface area contributed by atoms with Crippen LogP contribution in [0.15, 0.2) is 18.2 Å². The number of hydrogen-bond acceptors (Lipinski definition) is 1. The van der Waals surface area contributed by atoms with E-state index in [9.17, 15) is 0 Å². The van der Waals surface area contributed by atoms with Crippen molar-refractivity contribution in [2.45, 2.75) is 19.2 Å². The highest BCUT2D eigenvalue weighted by molar-refractivity contribution is 7.22. The summed E-state index contributed by atoms with van der Waals surface area (Å²) in [5.41, 5.74) is 2.41. The largest absolute Gasteiger partial charge is 0.123 e. The van der Waals surface area contributed by atoms with Crippen molar-refractivity contribution in [1.82, 2.24) is 0 Å². The number of rotatable bonds is 2. The molecule has 0 amide bonds. The van der Waals surface area contributed by atoms with E-state index in [1.807, 2.05) is 0 Å². The van der Waals surface area contributed by atoms with E-state index in [1.165, 1.54) is 15.6 Å². The van der Waals surface area contributed by atoms with Crippen molar-refractivity contribution in [2.24, 2.45) is 0 Å². The van der Waals surface area contributed by atoms with Gasteiger partial charge in [-0.15, -0.1) is 22.9 Å². The fourth-order valence-electron chi connectivity index (χ4n) is 1.58. The summed E-state index contributed by atoms with van der Waals surface area (Å²) in [6.45, 7) is 2.13. The zero-order chi connectivity index (χ0) is 10.1. The molecule has 14 heavy (non-hydrogen) atoms. The SMILES string of the molecule is CCc1c(Cl)sc2cc(CCl)ccc12. The highest BCUT2D eigenvalue weighted by atomic mass is 35.5. The van der Waals surface area contributed by atoms with Crippen molar-refractivity contribution in [3.8, 4) is 0 Å². The second-order valence-corrected chi connectivity index (χ2v) is 5.09. The minimum atomic E-state index is 0.562. The molecule has 74 valence electrons. The van der Waals surface area contributed by atoms with Crippen LogP contribution in [0.1, 0.15) is 18.1 Å². The second kappa shape index (κ2) is 4.09. The summed E-state index contributed by atoms with van der Waals surface area (Å²) in [6.07, 6.45) is 0.985. The molecule has 1 aromatic heterocycles. The van der Waals surface area contributed by atoms with Crippen molar-refractivity contribution in [2.75, 3.05) is 0 Å². The number of thiophene rings is 1. The molecule has 0 saturated heterocycles. The first-order valence-corrected chi connectivity index (χ1v) is 6.25. The number of benzene rings is 1. The fourth-order valence-corrected chi connectivity index (χ4v) is 3.31. The summed E-state index contributed by atoms with van der Waals surface area (Å²) in [4.78, 5) is 0. The highest BCUT2D eigenvalue weighted by Crippen LogP contribution is 2.36. The van der Waals surface area contributed by atoms with Crippen molar-refractivity contribution in [3.05, 3.63) is 33.7 Å². The number of hydrogen-bond donors (Lipinski definition) is 0. The van der Waals surface area contributed by atoms with Gasteiger partial charge >= 0.3 is 0 Å². The van der Waals surface area contributed by atoms with Crippen LogP contribution in [-0.4, -0.2) is 0 Å². The van der Waals surface area contributed by atoms with E-state index in [2.05, 4.69) is 25.1 Å². The lowest BCUT2D eigenvalue weighted by Gasteiger charge is -1.97. The Bertz CT molecular complexity index is 460. The molecule has 1 heterocycles. The van der Waals surface area contributed by atoms with Crippen molar-refractivity contribution < 1.29 is 0 Å². The summed E-state index contributed by atoms with van der Waals surface area (Å²) < 4.78 is 2.15. The van der Waals surface area contributed by atoms with Crippen LogP contribution in [0.3, 0.4) is 0 Å². The van der Waals surface area contributed by atoms with E-state index in [4.69, 9.17) is 23.2 Å². The van der Waals surface area contributed by atoms with Crippen LogP contribution in [0.2, 0.25) is 4.34 Å². The summed E-state index contributed by atoms with van der Waals surface area (Å²) in [6, 6.07) is 6.31. The maximum absolute atomic E-state index is 6.15. The molecule has 0 spiro atoms. The molecule has 3 heteroatoms. The van der Waals surface area contributed by atoms with Gasteiger partial charge in [0.2, 0.25) is 0 Å². The van der Waals surface area contributed by atoms with Gasteiger partial charge < -0.3 is 0 Å². The lowest BCUT2D eigenvalue weighted by Crippen LogP contribution is -1.79. The predicted molar refractivity (Wildman–Crippen MR) is 65.8 cm³/mol. The van der Waals surface area contributed by atoms with Crippen LogP contribution in [0, 0.1) is 0 Å². The summed E-state index contributed by atoms with van der Waals surface area (Å²) in [7, 11) is 0. The van der Waals surface area contributed by atoms with E-state index in [0.717, 1.165) is 16.3 Å². The van der Waals surface area contributed by atoms with Gasteiger partial charge in [-0.3, -0.25) is 0 Å². The maximum Gasteiger partial charge on any atom is 0.0972 e. The van der Waals surface area contributed by atoms with Gasteiger partial charge in [0.1, 0.15) is 0 Å². The third-order valence-corrected chi connectivity index (χ3v) is 4.07. The number of alkyl halides is 1. The summed E-state index contributed by atoms with van der Waals surface area (Å²) in [5.74, 6) is 0.562. The molecule has 0 N–H and O–H groups in total. The second-order valence-electron chi connectivity index (χ2n) is 3.17. The first-order chi connectivity index (χ1) is 6.76. The normalized spacial score (nSPS) is 11.1. The molecule has 2 aromatic rings. The van der Waals surface area contributed by atoms with Crippen LogP contribution in [0.4, 0.5) is 0 Å². The lowest BCUT2D eigenvalue weighted by molar-refractivity contribution is 1.17. The molecule has 0 atom stereocenters. The molecule has 0 aliphatic carbocycles.